The van der Waals surface area contributed by atoms with Gasteiger partial charge < -0.3 is 9.97 Å². The average molecular weight is 425 g/mol. The molecule has 0 saturated heterocycles. The molecule has 6 nitrogen and oxygen atoms in total. The number of hydrogen-bond donors (Lipinski definition) is 2. The van der Waals surface area contributed by atoms with Crippen LogP contribution in [0.4, 0.5) is 0 Å². The Morgan fingerprint density at radius 3 is 1.73 bits per heavy atom. The third kappa shape index (κ3) is 3.48. The van der Waals surface area contributed by atoms with Crippen molar-refractivity contribution in [3.05, 3.63) is 71.3 Å². The van der Waals surface area contributed by atoms with E-state index in [1.165, 1.54) is 0 Å². The summed E-state index contributed by atoms with van der Waals surface area (Å²) >= 11 is 9.66. The maximum Gasteiger partial charge on any atom is 0.128 e. The smallest absolute Gasteiger partial charge is 0.128 e. The minimum atomic E-state index is 0.485. The van der Waals surface area contributed by atoms with Gasteiger partial charge in [-0.3, -0.25) is 0 Å². The molecule has 5 heterocycles. The second-order valence-corrected chi connectivity index (χ2v) is 6.96. The largest absolute Gasteiger partial charge is 0.355 e. The Labute approximate surface area is 181 Å². The highest BCUT2D eigenvalue weighted by atomic mass is 32.1. The lowest BCUT2D eigenvalue weighted by molar-refractivity contribution is 1.26. The van der Waals surface area contributed by atoms with Gasteiger partial charge in [-0.2, -0.15) is 9.98 Å². The summed E-state index contributed by atoms with van der Waals surface area (Å²) in [5.74, 6) is 0. The minimum absolute atomic E-state index is 0.485. The summed E-state index contributed by atoms with van der Waals surface area (Å²) in [5, 5.41) is 4.81. The zero-order valence-corrected chi connectivity index (χ0v) is 17.0. The van der Waals surface area contributed by atoms with Gasteiger partial charge >= 0.3 is 0 Å². The first-order valence-electron chi connectivity index (χ1n) is 8.99. The standard InChI is InChI=1S/C22H12N6S2/c29-11-23-21-19-9-17-5-3-15(26-17)7-13-1-2-14(25-13)8-16-4-6-18(27-16)10-20(28-19)22(21)24-12-30/h1-10,25-26H. The van der Waals surface area contributed by atoms with Gasteiger partial charge in [0, 0.05) is 22.1 Å². The Hall–Kier alpha value is -3.80. The summed E-state index contributed by atoms with van der Waals surface area (Å²) in [6.07, 6.45) is 3.86. The van der Waals surface area contributed by atoms with E-state index in [9.17, 15) is 0 Å². The van der Waals surface area contributed by atoms with Crippen LogP contribution >= 0.6 is 24.4 Å². The van der Waals surface area contributed by atoms with Gasteiger partial charge in [-0.05, 0) is 85.1 Å². The predicted octanol–water partition coefficient (Wildman–Crippen LogP) is 5.52. The van der Waals surface area contributed by atoms with Crippen LogP contribution in [0.3, 0.4) is 0 Å². The van der Waals surface area contributed by atoms with E-state index in [-0.39, 0.29) is 0 Å². The van der Waals surface area contributed by atoms with Gasteiger partial charge in [-0.25, -0.2) is 9.97 Å². The third-order valence-corrected chi connectivity index (χ3v) is 4.78. The summed E-state index contributed by atoms with van der Waals surface area (Å²) in [4.78, 5) is 24.4. The van der Waals surface area contributed by atoms with Crippen LogP contribution in [0.2, 0.25) is 0 Å². The van der Waals surface area contributed by atoms with Crippen LogP contribution in [0.15, 0.2) is 58.5 Å². The first kappa shape index (κ1) is 18.2. The molecule has 8 bridgehead atoms. The van der Waals surface area contributed by atoms with Gasteiger partial charge in [0.2, 0.25) is 0 Å². The molecule has 0 aliphatic carbocycles. The van der Waals surface area contributed by atoms with Crippen molar-refractivity contribution in [2.45, 2.75) is 0 Å². The first-order chi connectivity index (χ1) is 14.7. The molecule has 3 aromatic rings. The molecule has 2 aliphatic heterocycles. The fraction of sp³-hybridized carbons (Fsp3) is 0. The van der Waals surface area contributed by atoms with Crippen LogP contribution in [-0.2, 0) is 0 Å². The molecule has 0 spiro atoms. The van der Waals surface area contributed by atoms with E-state index in [4.69, 9.17) is 29.4 Å². The van der Waals surface area contributed by atoms with Gasteiger partial charge in [-0.15, -0.1) is 0 Å². The molecule has 2 N–H and O–H groups in total. The van der Waals surface area contributed by atoms with E-state index in [0.717, 1.165) is 33.5 Å². The topological polar surface area (TPSA) is 82.1 Å². The predicted molar refractivity (Wildman–Crippen MR) is 127 cm³/mol. The van der Waals surface area contributed by atoms with Gasteiger partial charge in [-0.1, -0.05) is 0 Å². The lowest BCUT2D eigenvalue weighted by atomic mass is 10.2. The number of nitrogens with one attached hydrogen (secondary N) is 2. The molecule has 30 heavy (non-hydrogen) atoms. The van der Waals surface area contributed by atoms with Gasteiger partial charge in [0.1, 0.15) is 11.4 Å². The van der Waals surface area contributed by atoms with Gasteiger partial charge in [0.05, 0.1) is 33.1 Å². The molecule has 0 unspecified atom stereocenters. The maximum absolute atomic E-state index is 4.83. The third-order valence-electron chi connectivity index (χ3n) is 4.60. The van der Waals surface area contributed by atoms with Crippen molar-refractivity contribution in [3.63, 3.8) is 0 Å². The van der Waals surface area contributed by atoms with Crippen molar-refractivity contribution < 1.29 is 0 Å². The summed E-state index contributed by atoms with van der Waals surface area (Å²) < 4.78 is 0. The van der Waals surface area contributed by atoms with Gasteiger partial charge in [0.15, 0.2) is 0 Å². The number of H-pyrrole nitrogens is 2. The monoisotopic (exact) mass is 424 g/mol. The Balaban J connectivity index is 1.90. The average Bonchev–Trinajstić information content (AvgIpc) is 3.50. The molecule has 3 aromatic heterocycles. The molecular formula is C22H12N6S2. The van der Waals surface area contributed by atoms with Gasteiger partial charge in [0.25, 0.3) is 0 Å². The van der Waals surface area contributed by atoms with Crippen LogP contribution in [0.25, 0.3) is 45.6 Å². The minimum Gasteiger partial charge on any atom is -0.355 e. The Morgan fingerprint density at radius 2 is 1.13 bits per heavy atom. The highest BCUT2D eigenvalue weighted by Crippen LogP contribution is 2.32. The molecule has 142 valence electrons. The number of hydrogen-bond acceptors (Lipinski definition) is 6. The lowest BCUT2D eigenvalue weighted by Gasteiger charge is -1.93. The molecule has 8 heteroatoms. The quantitative estimate of drug-likeness (QED) is 0.328. The van der Waals surface area contributed by atoms with Crippen molar-refractivity contribution in [3.8, 4) is 0 Å². The molecule has 0 fully saturated rings. The molecule has 0 saturated carbocycles. The number of aliphatic imine (C=N–C) groups is 2. The second kappa shape index (κ2) is 7.55. The number of rotatable bonds is 2. The highest BCUT2D eigenvalue weighted by Gasteiger charge is 2.20. The molecule has 0 radical (unpaired) electrons. The van der Waals surface area contributed by atoms with Crippen molar-refractivity contribution in [2.24, 2.45) is 9.98 Å². The van der Waals surface area contributed by atoms with Crippen LogP contribution < -0.4 is 0 Å². The summed E-state index contributed by atoms with van der Waals surface area (Å²) in [6.45, 7) is 0. The Bertz CT molecular complexity index is 1510. The van der Waals surface area contributed by atoms with Crippen LogP contribution in [0, 0.1) is 0 Å². The van der Waals surface area contributed by atoms with Crippen molar-refractivity contribution >= 4 is 80.4 Å². The van der Waals surface area contributed by atoms with E-state index < -0.39 is 0 Å². The fourth-order valence-corrected chi connectivity index (χ4v) is 3.54. The molecule has 0 aromatic carbocycles. The molecule has 2 aliphatic rings. The van der Waals surface area contributed by atoms with Crippen LogP contribution in [0.5, 0.6) is 0 Å². The summed E-state index contributed by atoms with van der Waals surface area (Å²) in [7, 11) is 0. The fourth-order valence-electron chi connectivity index (χ4n) is 3.36. The van der Waals surface area contributed by atoms with Crippen LogP contribution in [0.1, 0.15) is 22.8 Å². The second-order valence-electron chi connectivity index (χ2n) is 6.60. The van der Waals surface area contributed by atoms with Crippen LogP contribution in [-0.4, -0.2) is 30.3 Å². The molecule has 0 atom stereocenters. The van der Waals surface area contributed by atoms with E-state index >= 15 is 0 Å². The first-order valence-corrected chi connectivity index (χ1v) is 9.81. The number of isothiocyanates is 2. The Morgan fingerprint density at radius 1 is 0.633 bits per heavy atom. The number of thiocarbonyl (C=S) groups is 2. The van der Waals surface area contributed by atoms with Crippen molar-refractivity contribution in [2.75, 3.05) is 0 Å². The zero-order valence-electron chi connectivity index (χ0n) is 15.4. The van der Waals surface area contributed by atoms with E-state index in [0.29, 0.717) is 22.8 Å². The number of nitrogens with zero attached hydrogens (tertiary/aromatic N) is 4. The maximum atomic E-state index is 4.83. The number of fused-ring (bicyclic) bond motifs is 8. The van der Waals surface area contributed by atoms with E-state index in [1.54, 1.807) is 0 Å². The van der Waals surface area contributed by atoms with Crippen molar-refractivity contribution in [1.29, 1.82) is 0 Å². The SMILES string of the molecule is S=C=NC1=C(N=C=S)c2cc3ccc(cc4ccc(cc5nc(cc1n2)C=C5)[nH]4)[nH]3. The van der Waals surface area contributed by atoms with E-state index in [2.05, 4.69) is 35.3 Å². The highest BCUT2D eigenvalue weighted by molar-refractivity contribution is 7.78. The molecule has 0 amide bonds. The number of aromatic nitrogens is 4. The zero-order chi connectivity index (χ0) is 20.5. The summed E-state index contributed by atoms with van der Waals surface area (Å²) in [6, 6.07) is 15.7. The Kier molecular flexibility index (Phi) is 4.59. The normalized spacial score (nSPS) is 12.4. The number of aromatic amines is 2. The van der Waals surface area contributed by atoms with E-state index in [1.807, 2.05) is 60.7 Å². The molecular weight excluding hydrogens is 412 g/mol. The van der Waals surface area contributed by atoms with Crippen molar-refractivity contribution in [1.82, 2.24) is 19.9 Å². The summed E-state index contributed by atoms with van der Waals surface area (Å²) in [5.41, 5.74) is 7.50. The lowest BCUT2D eigenvalue weighted by Crippen LogP contribution is -1.81. The molecule has 5 rings (SSSR count).